The second kappa shape index (κ2) is 14.5. The van der Waals surface area contributed by atoms with Crippen molar-refractivity contribution in [1.82, 2.24) is 10.3 Å². The van der Waals surface area contributed by atoms with Crippen LogP contribution in [0.1, 0.15) is 41.0 Å². The first-order chi connectivity index (χ1) is 23.7. The number of carbonyl (C=O) groups excluding carboxylic acids is 2. The van der Waals surface area contributed by atoms with E-state index in [1.54, 1.807) is 52.8 Å². The molecule has 3 N–H and O–H groups in total. The van der Waals surface area contributed by atoms with Gasteiger partial charge in [-0.05, 0) is 75.7 Å². The molecule has 2 atom stereocenters. The summed E-state index contributed by atoms with van der Waals surface area (Å²) in [4.78, 5) is 42.8. The number of anilines is 2. The number of halogens is 2. The summed E-state index contributed by atoms with van der Waals surface area (Å²) in [6.45, 7) is 9.51. The van der Waals surface area contributed by atoms with Crippen LogP contribution in [0, 0.1) is 27.9 Å². The fourth-order valence-electron chi connectivity index (χ4n) is 5.50. The largest absolute Gasteiger partial charge is 0.493 e. The maximum Gasteiger partial charge on any atom is 0.407 e. The number of hydrogen-bond donors (Lipinski definition) is 3. The minimum Gasteiger partial charge on any atom is -0.493 e. The molecule has 0 saturated heterocycles. The van der Waals surface area contributed by atoms with Crippen molar-refractivity contribution in [3.63, 3.8) is 0 Å². The average molecular weight is 693 g/mol. The number of carbonyl (C=O) groups is 2. The summed E-state index contributed by atoms with van der Waals surface area (Å²) in [5.41, 5.74) is 2.44. The zero-order valence-electron chi connectivity index (χ0n) is 28.6. The van der Waals surface area contributed by atoms with Crippen LogP contribution < -0.4 is 30.3 Å². The lowest BCUT2D eigenvalue weighted by Crippen LogP contribution is -2.33. The van der Waals surface area contributed by atoms with Gasteiger partial charge in [-0.3, -0.25) is 9.78 Å². The van der Waals surface area contributed by atoms with Crippen LogP contribution in [0.25, 0.3) is 10.9 Å². The third-order valence-corrected chi connectivity index (χ3v) is 8.04. The molecule has 1 aliphatic rings. The number of benzene rings is 3. The topological polar surface area (TPSA) is 140 Å². The van der Waals surface area contributed by atoms with E-state index in [2.05, 4.69) is 21.0 Å². The number of aromatic nitrogens is 1. The standard InChI is InChI=1S/C36H39F2N5O7/c1-35(2,3)50-34(45)40-15-7-17-48-30-19-24-26(20-29(30)47-6)39-16-14-27(24)49-28-13-12-23(18-25(28)38)42-43(46)32-31(36(32,4)5)33(44)41-22-10-8-21(37)9-11-22/h8-14,16,18-20,31-32H,7,15,17H2,1-6H3,(H2-,40,41,42,44,45,46)/p+1/t31-,32-/m0/s1. The summed E-state index contributed by atoms with van der Waals surface area (Å²) < 4.78 is 51.2. The van der Waals surface area contributed by atoms with E-state index in [-0.39, 0.29) is 24.0 Å². The summed E-state index contributed by atoms with van der Waals surface area (Å²) in [6.07, 6.45) is 1.49. The number of hydrazine groups is 1. The van der Waals surface area contributed by atoms with Crippen molar-refractivity contribution in [3.8, 4) is 23.0 Å². The molecule has 0 radical (unpaired) electrons. The summed E-state index contributed by atoms with van der Waals surface area (Å²) in [5, 5.41) is 5.92. The Labute approximate surface area is 288 Å². The van der Waals surface area contributed by atoms with E-state index >= 15 is 4.39 Å². The molecule has 5 rings (SSSR count). The van der Waals surface area contributed by atoms with E-state index in [4.69, 9.17) is 18.9 Å². The van der Waals surface area contributed by atoms with Crippen LogP contribution >= 0.6 is 0 Å². The van der Waals surface area contributed by atoms with Gasteiger partial charge in [-0.2, -0.15) is 0 Å². The highest BCUT2D eigenvalue weighted by Gasteiger charge is 2.73. The molecule has 12 nitrogen and oxygen atoms in total. The Balaban J connectivity index is 1.22. The third-order valence-electron chi connectivity index (χ3n) is 8.04. The smallest absolute Gasteiger partial charge is 0.407 e. The third kappa shape index (κ3) is 8.54. The molecular weight excluding hydrogens is 652 g/mol. The summed E-state index contributed by atoms with van der Waals surface area (Å²) in [6, 6.07) is 13.5. The molecule has 1 fully saturated rings. The molecule has 4 aromatic rings. The molecule has 1 heterocycles. The maximum atomic E-state index is 15.3. The first-order valence-corrected chi connectivity index (χ1v) is 16.0. The van der Waals surface area contributed by atoms with Crippen molar-refractivity contribution in [2.75, 3.05) is 31.0 Å². The number of hydrogen-bond acceptors (Lipinski definition) is 8. The van der Waals surface area contributed by atoms with Gasteiger partial charge in [0.25, 0.3) is 6.04 Å². The van der Waals surface area contributed by atoms with Gasteiger partial charge < -0.3 is 29.6 Å². The van der Waals surface area contributed by atoms with Crippen LogP contribution in [0.2, 0.25) is 0 Å². The number of amides is 2. The number of rotatable bonds is 13. The van der Waals surface area contributed by atoms with E-state index in [1.807, 2.05) is 0 Å². The number of nitrogens with one attached hydrogen (secondary N) is 3. The second-order valence-electron chi connectivity index (χ2n) is 13.4. The normalized spacial score (nSPS) is 16.2. The van der Waals surface area contributed by atoms with Crippen molar-refractivity contribution in [2.24, 2.45) is 11.3 Å². The molecular formula is C36H40F2N5O7+. The molecule has 0 bridgehead atoms. The van der Waals surface area contributed by atoms with Crippen molar-refractivity contribution in [2.45, 2.75) is 52.7 Å². The van der Waals surface area contributed by atoms with Gasteiger partial charge in [0.1, 0.15) is 33.6 Å². The Bertz CT molecular complexity index is 1900. The molecule has 3 aromatic carbocycles. The highest BCUT2D eigenvalue weighted by Crippen LogP contribution is 2.54. The highest BCUT2D eigenvalue weighted by molar-refractivity contribution is 5.95. The summed E-state index contributed by atoms with van der Waals surface area (Å²) in [5.74, 6) is -1.18. The molecule has 1 saturated carbocycles. The fourth-order valence-corrected chi connectivity index (χ4v) is 5.50. The van der Waals surface area contributed by atoms with Crippen molar-refractivity contribution >= 4 is 34.3 Å². The molecule has 1 aliphatic carbocycles. The van der Waals surface area contributed by atoms with Gasteiger partial charge in [-0.25, -0.2) is 13.6 Å². The van der Waals surface area contributed by atoms with Gasteiger partial charge in [-0.15, -0.1) is 5.43 Å². The minimum atomic E-state index is -0.739. The summed E-state index contributed by atoms with van der Waals surface area (Å²) >= 11 is 0. The van der Waals surface area contributed by atoms with Gasteiger partial charge in [0.2, 0.25) is 5.91 Å². The van der Waals surface area contributed by atoms with Crippen LogP contribution in [-0.4, -0.2) is 53.8 Å². The number of ether oxygens (including phenoxy) is 4. The van der Waals surface area contributed by atoms with Gasteiger partial charge >= 0.3 is 6.09 Å². The number of alkyl carbamates (subject to hydrolysis) is 1. The zero-order valence-corrected chi connectivity index (χ0v) is 28.6. The predicted octanol–water partition coefficient (Wildman–Crippen LogP) is 7.38. The first-order valence-electron chi connectivity index (χ1n) is 16.0. The van der Waals surface area contributed by atoms with E-state index in [9.17, 15) is 18.9 Å². The number of fused-ring (bicyclic) bond motifs is 1. The van der Waals surface area contributed by atoms with E-state index in [0.29, 0.717) is 51.7 Å². The number of pyridine rings is 1. The molecule has 0 aliphatic heterocycles. The van der Waals surface area contributed by atoms with Crippen molar-refractivity contribution in [3.05, 3.63) is 83.4 Å². The molecule has 14 heteroatoms. The van der Waals surface area contributed by atoms with Gasteiger partial charge in [0, 0.05) is 35.9 Å². The highest BCUT2D eigenvalue weighted by atomic mass is 19.1. The van der Waals surface area contributed by atoms with E-state index < -0.39 is 40.7 Å². The quantitative estimate of drug-likeness (QED) is 0.0744. The SMILES string of the molecule is COc1cc2nccc(Oc3ccc(N[N+](=O)[C@H]4[C@@H](C(=O)Nc5ccc(F)cc5)C4(C)C)cc3F)c2cc1OCCCNC(=O)OC(C)(C)C. The van der Waals surface area contributed by atoms with Crippen LogP contribution in [0.4, 0.5) is 25.0 Å². The Morgan fingerprint density at radius 3 is 2.34 bits per heavy atom. The van der Waals surface area contributed by atoms with Crippen LogP contribution in [-0.2, 0) is 9.53 Å². The van der Waals surface area contributed by atoms with E-state index in [1.165, 1.54) is 49.7 Å². The Morgan fingerprint density at radius 2 is 1.66 bits per heavy atom. The second-order valence-corrected chi connectivity index (χ2v) is 13.4. The predicted molar refractivity (Wildman–Crippen MR) is 182 cm³/mol. The van der Waals surface area contributed by atoms with Crippen molar-refractivity contribution in [1.29, 1.82) is 0 Å². The van der Waals surface area contributed by atoms with Gasteiger partial charge in [0.05, 0.1) is 29.6 Å². The monoisotopic (exact) mass is 692 g/mol. The number of nitrogens with zero attached hydrogens (tertiary/aromatic N) is 2. The number of methoxy groups -OCH3 is 1. The molecule has 2 amide bonds. The van der Waals surface area contributed by atoms with Crippen molar-refractivity contribution < 1.29 is 42.2 Å². The summed E-state index contributed by atoms with van der Waals surface area (Å²) in [7, 11) is 1.50. The number of nitroso groups, excluding NO2 is 1. The van der Waals surface area contributed by atoms with Gasteiger partial charge in [0.15, 0.2) is 23.1 Å². The zero-order chi connectivity index (χ0) is 36.2. The lowest BCUT2D eigenvalue weighted by molar-refractivity contribution is -0.540. The molecule has 0 spiro atoms. The molecule has 1 aromatic heterocycles. The Kier molecular flexibility index (Phi) is 10.4. The maximum absolute atomic E-state index is 15.3. The lowest BCUT2D eigenvalue weighted by atomic mass is 10.1. The Hall–Kier alpha value is -5.53. The first kappa shape index (κ1) is 35.8. The minimum absolute atomic E-state index is 0.102. The van der Waals surface area contributed by atoms with E-state index in [0.717, 1.165) is 6.07 Å². The van der Waals surface area contributed by atoms with Crippen LogP contribution in [0.5, 0.6) is 23.0 Å². The molecule has 264 valence electrons. The Morgan fingerprint density at radius 1 is 0.940 bits per heavy atom. The molecule has 50 heavy (non-hydrogen) atoms. The lowest BCUT2D eigenvalue weighted by Gasteiger charge is -2.19. The van der Waals surface area contributed by atoms with Gasteiger partial charge in [-0.1, -0.05) is 13.8 Å². The van der Waals surface area contributed by atoms with Crippen LogP contribution in [0.15, 0.2) is 66.9 Å². The average Bonchev–Trinajstić information content (AvgIpc) is 3.64. The fraction of sp³-hybridized carbons (Fsp3) is 0.361. The van der Waals surface area contributed by atoms with Crippen LogP contribution in [0.3, 0.4) is 0 Å². The molecule has 0 unspecified atom stereocenters.